The monoisotopic (exact) mass is 215 g/mol. The summed E-state index contributed by atoms with van der Waals surface area (Å²) in [5.74, 6) is 0.926. The molecule has 0 aliphatic rings. The zero-order valence-electron chi connectivity index (χ0n) is 9.48. The Morgan fingerprint density at radius 3 is 2.88 bits per heavy atom. The Bertz CT molecular complexity index is 458. The lowest BCUT2D eigenvalue weighted by Gasteiger charge is -2.16. The topological polar surface area (TPSA) is 50.9 Å². The van der Waals surface area contributed by atoms with Crippen molar-refractivity contribution in [2.75, 3.05) is 11.9 Å². The van der Waals surface area contributed by atoms with Crippen molar-refractivity contribution in [3.63, 3.8) is 0 Å². The Hall–Kier alpha value is -1.61. The molecule has 2 aromatic rings. The van der Waals surface area contributed by atoms with Crippen LogP contribution in [-0.2, 0) is 0 Å². The Kier molecular flexibility index (Phi) is 3.37. The molecule has 1 aromatic heterocycles. The molecule has 0 aliphatic heterocycles. The van der Waals surface area contributed by atoms with Gasteiger partial charge < -0.3 is 11.1 Å². The van der Waals surface area contributed by atoms with E-state index in [-0.39, 0.29) is 0 Å². The first-order chi connectivity index (χ1) is 7.85. The van der Waals surface area contributed by atoms with Gasteiger partial charge in [0, 0.05) is 24.2 Å². The summed E-state index contributed by atoms with van der Waals surface area (Å²) < 4.78 is 0. The van der Waals surface area contributed by atoms with Gasteiger partial charge in [-0.05, 0) is 17.9 Å². The molecule has 0 amide bonds. The first kappa shape index (κ1) is 10.9. The minimum atomic E-state index is 0.290. The molecule has 1 heterocycles. The fourth-order valence-electron chi connectivity index (χ4n) is 1.76. The molecule has 1 unspecified atom stereocenters. The van der Waals surface area contributed by atoms with Gasteiger partial charge in [-0.15, -0.1) is 0 Å². The van der Waals surface area contributed by atoms with Crippen LogP contribution in [-0.4, -0.2) is 17.6 Å². The maximum Gasteiger partial charge on any atom is 0.134 e. The van der Waals surface area contributed by atoms with E-state index in [2.05, 4.69) is 29.4 Å². The van der Waals surface area contributed by atoms with E-state index in [0.29, 0.717) is 12.6 Å². The van der Waals surface area contributed by atoms with Gasteiger partial charge in [0.15, 0.2) is 0 Å². The van der Waals surface area contributed by atoms with Crippen molar-refractivity contribution in [2.24, 2.45) is 5.73 Å². The van der Waals surface area contributed by atoms with Crippen LogP contribution in [0.4, 0.5) is 5.82 Å². The van der Waals surface area contributed by atoms with E-state index in [1.54, 1.807) is 0 Å². The number of fused-ring (bicyclic) bond motifs is 1. The van der Waals surface area contributed by atoms with Crippen molar-refractivity contribution < 1.29 is 0 Å². The maximum atomic E-state index is 5.68. The summed E-state index contributed by atoms with van der Waals surface area (Å²) in [4.78, 5) is 4.38. The van der Waals surface area contributed by atoms with Crippen LogP contribution in [0.5, 0.6) is 0 Å². The fourth-order valence-corrected chi connectivity index (χ4v) is 1.76. The second kappa shape index (κ2) is 4.94. The van der Waals surface area contributed by atoms with Crippen LogP contribution in [0, 0.1) is 0 Å². The third-order valence-electron chi connectivity index (χ3n) is 2.79. The third-order valence-corrected chi connectivity index (χ3v) is 2.79. The first-order valence-electron chi connectivity index (χ1n) is 5.65. The molecule has 0 saturated heterocycles. The third kappa shape index (κ3) is 2.14. The van der Waals surface area contributed by atoms with E-state index in [1.165, 1.54) is 5.39 Å². The minimum absolute atomic E-state index is 0.290. The van der Waals surface area contributed by atoms with Crippen molar-refractivity contribution in [3.05, 3.63) is 36.5 Å². The molecule has 2 rings (SSSR count). The average molecular weight is 215 g/mol. The summed E-state index contributed by atoms with van der Waals surface area (Å²) in [6.07, 6.45) is 2.83. The van der Waals surface area contributed by atoms with E-state index < -0.39 is 0 Å². The van der Waals surface area contributed by atoms with Crippen molar-refractivity contribution in [1.29, 1.82) is 0 Å². The van der Waals surface area contributed by atoms with Gasteiger partial charge in [0.05, 0.1) is 0 Å². The molecule has 0 saturated carbocycles. The van der Waals surface area contributed by atoms with Gasteiger partial charge in [-0.1, -0.05) is 31.2 Å². The van der Waals surface area contributed by atoms with Crippen LogP contribution in [0.1, 0.15) is 13.3 Å². The van der Waals surface area contributed by atoms with Crippen molar-refractivity contribution in [3.8, 4) is 0 Å². The largest absolute Gasteiger partial charge is 0.366 e. The number of aromatic nitrogens is 1. The quantitative estimate of drug-likeness (QED) is 0.823. The van der Waals surface area contributed by atoms with E-state index in [0.717, 1.165) is 17.6 Å². The van der Waals surface area contributed by atoms with Crippen LogP contribution in [0.15, 0.2) is 36.5 Å². The molecular weight excluding hydrogens is 198 g/mol. The number of benzene rings is 1. The highest BCUT2D eigenvalue weighted by Gasteiger charge is 2.06. The molecule has 84 valence electrons. The standard InChI is InChI=1S/C13H17N3/c1-2-11(9-14)16-13-12-6-4-3-5-10(12)7-8-15-13/h3-8,11H,2,9,14H2,1H3,(H,15,16). The smallest absolute Gasteiger partial charge is 0.134 e. The van der Waals surface area contributed by atoms with Gasteiger partial charge in [-0.3, -0.25) is 0 Å². The SMILES string of the molecule is CCC(CN)Nc1nccc2ccccc12. The van der Waals surface area contributed by atoms with Crippen LogP contribution in [0.2, 0.25) is 0 Å². The van der Waals surface area contributed by atoms with Gasteiger partial charge in [0.2, 0.25) is 0 Å². The molecule has 0 radical (unpaired) electrons. The number of anilines is 1. The van der Waals surface area contributed by atoms with Gasteiger partial charge in [-0.25, -0.2) is 4.98 Å². The Balaban J connectivity index is 2.36. The van der Waals surface area contributed by atoms with E-state index in [9.17, 15) is 0 Å². The molecule has 0 fully saturated rings. The lowest BCUT2D eigenvalue weighted by atomic mass is 10.1. The number of hydrogen-bond acceptors (Lipinski definition) is 3. The van der Waals surface area contributed by atoms with Crippen molar-refractivity contribution in [1.82, 2.24) is 4.98 Å². The van der Waals surface area contributed by atoms with E-state index in [4.69, 9.17) is 5.73 Å². The highest BCUT2D eigenvalue weighted by molar-refractivity contribution is 5.91. The number of nitrogens with zero attached hydrogens (tertiary/aromatic N) is 1. The number of nitrogens with one attached hydrogen (secondary N) is 1. The van der Waals surface area contributed by atoms with Crippen LogP contribution in [0.25, 0.3) is 10.8 Å². The molecule has 1 aromatic carbocycles. The summed E-state index contributed by atoms with van der Waals surface area (Å²) in [5.41, 5.74) is 5.68. The molecule has 0 bridgehead atoms. The van der Waals surface area contributed by atoms with Gasteiger partial charge in [0.25, 0.3) is 0 Å². The van der Waals surface area contributed by atoms with E-state index >= 15 is 0 Å². The zero-order chi connectivity index (χ0) is 11.4. The minimum Gasteiger partial charge on any atom is -0.366 e. The van der Waals surface area contributed by atoms with Crippen molar-refractivity contribution >= 4 is 16.6 Å². The van der Waals surface area contributed by atoms with Crippen LogP contribution < -0.4 is 11.1 Å². The number of nitrogens with two attached hydrogens (primary N) is 1. The molecule has 3 heteroatoms. The summed E-state index contributed by atoms with van der Waals surface area (Å²) in [5, 5.41) is 5.74. The maximum absolute atomic E-state index is 5.68. The molecule has 3 nitrogen and oxygen atoms in total. The van der Waals surface area contributed by atoms with E-state index in [1.807, 2.05) is 24.4 Å². The normalized spacial score (nSPS) is 12.6. The predicted octanol–water partition coefficient (Wildman–Crippen LogP) is 2.38. The second-order valence-corrected chi connectivity index (χ2v) is 3.87. The molecule has 0 spiro atoms. The highest BCUT2D eigenvalue weighted by Crippen LogP contribution is 2.21. The first-order valence-corrected chi connectivity index (χ1v) is 5.65. The summed E-state index contributed by atoms with van der Waals surface area (Å²) >= 11 is 0. The Morgan fingerprint density at radius 1 is 1.31 bits per heavy atom. The molecule has 1 atom stereocenters. The van der Waals surface area contributed by atoms with Crippen molar-refractivity contribution in [2.45, 2.75) is 19.4 Å². The summed E-state index contributed by atoms with van der Waals surface area (Å²) in [6.45, 7) is 2.75. The summed E-state index contributed by atoms with van der Waals surface area (Å²) in [6, 6.07) is 10.5. The fraction of sp³-hybridized carbons (Fsp3) is 0.308. The lowest BCUT2D eigenvalue weighted by Crippen LogP contribution is -2.28. The average Bonchev–Trinajstić information content (AvgIpc) is 2.36. The van der Waals surface area contributed by atoms with Crippen LogP contribution in [0.3, 0.4) is 0 Å². The summed E-state index contributed by atoms with van der Waals surface area (Å²) in [7, 11) is 0. The lowest BCUT2D eigenvalue weighted by molar-refractivity contribution is 0.701. The second-order valence-electron chi connectivity index (χ2n) is 3.87. The number of hydrogen-bond donors (Lipinski definition) is 2. The Morgan fingerprint density at radius 2 is 2.12 bits per heavy atom. The van der Waals surface area contributed by atoms with Gasteiger partial charge in [-0.2, -0.15) is 0 Å². The number of pyridine rings is 1. The van der Waals surface area contributed by atoms with Crippen LogP contribution >= 0.6 is 0 Å². The highest BCUT2D eigenvalue weighted by atomic mass is 15.0. The van der Waals surface area contributed by atoms with Gasteiger partial charge >= 0.3 is 0 Å². The molecular formula is C13H17N3. The number of rotatable bonds is 4. The van der Waals surface area contributed by atoms with Gasteiger partial charge in [0.1, 0.15) is 5.82 Å². The zero-order valence-corrected chi connectivity index (χ0v) is 9.48. The molecule has 16 heavy (non-hydrogen) atoms. The predicted molar refractivity (Wildman–Crippen MR) is 68.5 cm³/mol. The Labute approximate surface area is 95.7 Å². The molecule has 0 aliphatic carbocycles. The molecule has 3 N–H and O–H groups in total.